The van der Waals surface area contributed by atoms with E-state index < -0.39 is 23.4 Å². The lowest BCUT2D eigenvalue weighted by Crippen LogP contribution is -2.51. The molecule has 6 heteroatoms. The van der Waals surface area contributed by atoms with E-state index >= 15 is 0 Å². The quantitative estimate of drug-likeness (QED) is 0.343. The monoisotopic (exact) mass is 516 g/mol. The van der Waals surface area contributed by atoms with Gasteiger partial charge in [-0.1, -0.05) is 78.4 Å². The number of nitrogens with one attached hydrogen (secondary N) is 1. The molecule has 3 aliphatic rings. The third-order valence-corrected chi connectivity index (χ3v) is 9.05. The van der Waals surface area contributed by atoms with Gasteiger partial charge < -0.3 is 10.2 Å². The fraction of sp³-hybridized carbons (Fsp3) is 0.156. The summed E-state index contributed by atoms with van der Waals surface area (Å²) in [4.78, 5) is 45.8. The summed E-state index contributed by atoms with van der Waals surface area (Å²) in [7, 11) is 0. The van der Waals surface area contributed by atoms with Gasteiger partial charge in [0.2, 0.25) is 5.91 Å². The second-order valence-electron chi connectivity index (χ2n) is 10.1. The van der Waals surface area contributed by atoms with Gasteiger partial charge in [-0.15, -0.1) is 11.3 Å². The van der Waals surface area contributed by atoms with Gasteiger partial charge in [0.15, 0.2) is 11.6 Å². The highest BCUT2D eigenvalue weighted by Gasteiger charge is 2.70. The first kappa shape index (κ1) is 22.9. The highest BCUT2D eigenvalue weighted by Crippen LogP contribution is 2.58. The van der Waals surface area contributed by atoms with Gasteiger partial charge in [0.1, 0.15) is 11.5 Å². The van der Waals surface area contributed by atoms with Crippen molar-refractivity contribution in [2.45, 2.75) is 24.4 Å². The first-order valence-electron chi connectivity index (χ1n) is 12.7. The highest BCUT2D eigenvalue weighted by atomic mass is 32.1. The Kier molecular flexibility index (Phi) is 5.03. The molecule has 5 nitrogen and oxygen atoms in total. The van der Waals surface area contributed by atoms with E-state index in [0.29, 0.717) is 16.1 Å². The number of thiophene rings is 1. The predicted octanol–water partition coefficient (Wildman–Crippen LogP) is 5.91. The number of hydrogen-bond acceptors (Lipinski definition) is 5. The predicted molar refractivity (Wildman–Crippen MR) is 150 cm³/mol. The number of para-hydroxylation sites is 1. The smallest absolute Gasteiger partial charge is 0.238 e. The minimum absolute atomic E-state index is 0.165. The van der Waals surface area contributed by atoms with Crippen LogP contribution >= 0.6 is 11.3 Å². The molecule has 0 bridgehead atoms. The Balaban J connectivity index is 1.55. The van der Waals surface area contributed by atoms with Gasteiger partial charge in [0.05, 0.1) is 16.8 Å². The molecule has 4 heterocycles. The summed E-state index contributed by atoms with van der Waals surface area (Å²) >= 11 is 1.34. The van der Waals surface area contributed by atoms with E-state index in [1.165, 1.54) is 11.3 Å². The van der Waals surface area contributed by atoms with E-state index in [4.69, 9.17) is 0 Å². The van der Waals surface area contributed by atoms with Crippen LogP contribution in [-0.2, 0) is 10.2 Å². The van der Waals surface area contributed by atoms with Crippen LogP contribution in [0.25, 0.3) is 6.08 Å². The Morgan fingerprint density at radius 2 is 1.71 bits per heavy atom. The number of amides is 1. The third-order valence-electron chi connectivity index (χ3n) is 8.16. The lowest BCUT2D eigenvalue weighted by Gasteiger charge is -2.37. The molecular formula is C32H24N2O3S. The van der Waals surface area contributed by atoms with Crippen molar-refractivity contribution in [3.63, 3.8) is 0 Å². The number of ketones is 2. The molecule has 1 saturated heterocycles. The van der Waals surface area contributed by atoms with Crippen LogP contribution in [0.15, 0.2) is 96.4 Å². The van der Waals surface area contributed by atoms with Crippen molar-refractivity contribution in [3.8, 4) is 0 Å². The van der Waals surface area contributed by atoms with Crippen molar-refractivity contribution in [2.75, 3.05) is 10.2 Å². The summed E-state index contributed by atoms with van der Waals surface area (Å²) in [6.07, 6.45) is 4.04. The van der Waals surface area contributed by atoms with E-state index in [2.05, 4.69) is 11.4 Å². The van der Waals surface area contributed by atoms with Gasteiger partial charge in [-0.05, 0) is 47.7 Å². The van der Waals surface area contributed by atoms with Gasteiger partial charge in [0.25, 0.3) is 0 Å². The Hall–Kier alpha value is -4.29. The molecule has 1 N–H and O–H groups in total. The molecule has 1 amide bonds. The minimum Gasteiger partial charge on any atom is -0.352 e. The van der Waals surface area contributed by atoms with Crippen molar-refractivity contribution >= 4 is 46.3 Å². The molecule has 0 radical (unpaired) electrons. The summed E-state index contributed by atoms with van der Waals surface area (Å²) in [5.41, 5.74) is 3.63. The van der Waals surface area contributed by atoms with Crippen molar-refractivity contribution in [1.29, 1.82) is 0 Å². The van der Waals surface area contributed by atoms with Gasteiger partial charge in [-0.3, -0.25) is 14.4 Å². The lowest BCUT2D eigenvalue weighted by molar-refractivity contribution is -0.121. The van der Waals surface area contributed by atoms with E-state index in [1.807, 2.05) is 90.0 Å². The summed E-state index contributed by atoms with van der Waals surface area (Å²) in [6.45, 7) is 2.03. The molecule has 0 aliphatic carbocycles. The Labute approximate surface area is 224 Å². The number of nitrogens with zero attached hydrogens (tertiary/aromatic N) is 1. The van der Waals surface area contributed by atoms with E-state index in [-0.39, 0.29) is 17.5 Å². The first-order valence-corrected chi connectivity index (χ1v) is 13.5. The van der Waals surface area contributed by atoms with Crippen LogP contribution in [-0.4, -0.2) is 29.6 Å². The molecule has 4 aromatic rings. The molecule has 7 rings (SSSR count). The molecule has 3 aromatic carbocycles. The zero-order chi connectivity index (χ0) is 26.0. The second kappa shape index (κ2) is 8.36. The number of Topliss-reactive ketones (excluding diaryl/α,β-unsaturated/α-hetero) is 2. The van der Waals surface area contributed by atoms with Gasteiger partial charge in [-0.25, -0.2) is 0 Å². The zero-order valence-corrected chi connectivity index (χ0v) is 21.4. The van der Waals surface area contributed by atoms with E-state index in [1.54, 1.807) is 18.2 Å². The van der Waals surface area contributed by atoms with Crippen LogP contribution < -0.4 is 10.2 Å². The third kappa shape index (κ3) is 3.01. The largest absolute Gasteiger partial charge is 0.352 e. The molecule has 3 aliphatic heterocycles. The number of fused-ring (bicyclic) bond motifs is 6. The molecule has 1 fully saturated rings. The number of carbonyl (C=O) groups is 3. The van der Waals surface area contributed by atoms with Crippen molar-refractivity contribution < 1.29 is 14.4 Å². The molecule has 38 heavy (non-hydrogen) atoms. The molecule has 186 valence electrons. The summed E-state index contributed by atoms with van der Waals surface area (Å²) in [5, 5.41) is 4.92. The van der Waals surface area contributed by atoms with Gasteiger partial charge in [-0.2, -0.15) is 0 Å². The van der Waals surface area contributed by atoms with Crippen LogP contribution in [0.3, 0.4) is 0 Å². The minimum atomic E-state index is -1.27. The summed E-state index contributed by atoms with van der Waals surface area (Å²) < 4.78 is 0. The maximum atomic E-state index is 14.5. The normalized spacial score (nSPS) is 24.6. The summed E-state index contributed by atoms with van der Waals surface area (Å²) in [5.74, 6) is -1.52. The van der Waals surface area contributed by atoms with E-state index in [0.717, 1.165) is 22.4 Å². The fourth-order valence-electron chi connectivity index (χ4n) is 6.64. The summed E-state index contributed by atoms with van der Waals surface area (Å²) in [6, 6.07) is 25.0. The Morgan fingerprint density at radius 3 is 2.50 bits per heavy atom. The van der Waals surface area contributed by atoms with Crippen LogP contribution in [0.2, 0.25) is 0 Å². The fourth-order valence-corrected chi connectivity index (χ4v) is 7.35. The van der Waals surface area contributed by atoms with Crippen LogP contribution in [0.5, 0.6) is 0 Å². The first-order chi connectivity index (χ1) is 18.5. The number of rotatable bonds is 4. The molecular weight excluding hydrogens is 492 g/mol. The second-order valence-corrected chi connectivity index (χ2v) is 11.1. The average Bonchev–Trinajstić information content (AvgIpc) is 3.65. The maximum absolute atomic E-state index is 14.5. The van der Waals surface area contributed by atoms with Crippen LogP contribution in [0.1, 0.15) is 36.7 Å². The highest BCUT2D eigenvalue weighted by molar-refractivity contribution is 7.12. The molecule has 1 spiro atoms. The average molecular weight is 517 g/mol. The van der Waals surface area contributed by atoms with Crippen LogP contribution in [0, 0.1) is 12.8 Å². The van der Waals surface area contributed by atoms with Crippen molar-refractivity contribution in [1.82, 2.24) is 0 Å². The number of carbonyl (C=O) groups excluding carboxylic acids is 3. The van der Waals surface area contributed by atoms with E-state index in [9.17, 15) is 14.4 Å². The van der Waals surface area contributed by atoms with Crippen molar-refractivity contribution in [2.24, 2.45) is 5.92 Å². The molecule has 0 saturated carbocycles. The van der Waals surface area contributed by atoms with Crippen LogP contribution in [0.4, 0.5) is 11.4 Å². The number of aryl methyl sites for hydroxylation is 1. The number of benzene rings is 3. The topological polar surface area (TPSA) is 66.5 Å². The van der Waals surface area contributed by atoms with Gasteiger partial charge >= 0.3 is 0 Å². The number of hydrogen-bond donors (Lipinski definition) is 1. The maximum Gasteiger partial charge on any atom is 0.238 e. The van der Waals surface area contributed by atoms with Crippen molar-refractivity contribution in [3.05, 3.63) is 124 Å². The molecule has 0 unspecified atom stereocenters. The zero-order valence-electron chi connectivity index (χ0n) is 20.6. The van der Waals surface area contributed by atoms with Gasteiger partial charge in [0, 0.05) is 16.9 Å². The lowest BCUT2D eigenvalue weighted by atomic mass is 9.64. The Morgan fingerprint density at radius 1 is 0.921 bits per heavy atom. The number of anilines is 2. The SMILES string of the molecule is Cc1ccc2c(c1)C=C[C@@H]1N2[C@H](C(=O)c2ccccc2)[C@@H](C(=O)c2cccs2)[C@]12C(=O)Nc1ccccc12. The standard InChI is InChI=1S/C32H24N2O3S/c1-19-13-15-24-21(18-19)14-16-26-32(22-10-5-6-11-23(22)33-31(32)37)27(30(36)25-12-7-17-38-25)28(34(24)26)29(35)20-8-3-2-4-9-20/h2-18,26-28H,1H3,(H,33,37)/t26-,27-,28-,32+/m0/s1. The Bertz CT molecular complexity index is 1640. The molecule has 4 atom stereocenters. The molecule has 1 aromatic heterocycles.